The molecule has 0 unspecified atom stereocenters. The van der Waals surface area contributed by atoms with E-state index in [1.54, 1.807) is 0 Å². The van der Waals surface area contributed by atoms with Gasteiger partial charge < -0.3 is 19.5 Å². The summed E-state index contributed by atoms with van der Waals surface area (Å²) in [5.41, 5.74) is 3.80. The fourth-order valence-electron chi connectivity index (χ4n) is 5.90. The van der Waals surface area contributed by atoms with E-state index in [-0.39, 0.29) is 23.1 Å². The molecule has 0 aliphatic carbocycles. The number of likely N-dealkylation sites (tertiary alicyclic amines) is 1. The van der Waals surface area contributed by atoms with Crippen LogP contribution in [-0.2, 0) is 11.2 Å². The molecule has 8 heteroatoms. The first kappa shape index (κ1) is 27.2. The number of aromatic nitrogens is 2. The van der Waals surface area contributed by atoms with E-state index in [4.69, 9.17) is 9.26 Å². The molecule has 0 bridgehead atoms. The summed E-state index contributed by atoms with van der Waals surface area (Å²) in [6.45, 7) is 8.50. The van der Waals surface area contributed by atoms with Crippen molar-refractivity contribution >= 4 is 22.9 Å². The SMILES string of the molecule is Cc1noc2nc(C(C)C)cc(C(=O)N3CCC4(CCCCc5ccccc5OCCCC(=O)NC4)CC3)c12. The molecule has 2 aliphatic rings. The number of para-hydroxylation sites is 1. The molecule has 5 rings (SSSR count). The molecule has 3 aromatic rings. The zero-order valence-corrected chi connectivity index (χ0v) is 23.4. The van der Waals surface area contributed by atoms with Gasteiger partial charge in [-0.3, -0.25) is 9.59 Å². The standard InChI is InChI=1S/C31H40N4O4/c1-21(2)25-19-24(28-22(3)34-39-29(28)33-25)30(37)35-16-14-31(15-17-35)13-7-6-10-23-9-4-5-11-26(23)38-18-8-12-27(36)32-20-31/h4-5,9,11,19,21H,6-8,10,12-18,20H2,1-3H3,(H,32,36). The van der Waals surface area contributed by atoms with Crippen molar-refractivity contribution in [2.45, 2.75) is 78.1 Å². The number of benzene rings is 1. The topological polar surface area (TPSA) is 97.6 Å². The van der Waals surface area contributed by atoms with Crippen molar-refractivity contribution in [2.75, 3.05) is 26.2 Å². The molecule has 1 fully saturated rings. The maximum atomic E-state index is 13.8. The monoisotopic (exact) mass is 532 g/mol. The van der Waals surface area contributed by atoms with E-state index in [1.807, 2.05) is 30.0 Å². The number of hydrogen-bond acceptors (Lipinski definition) is 6. The number of pyridine rings is 1. The molecule has 0 saturated carbocycles. The number of piperidine rings is 1. The van der Waals surface area contributed by atoms with Crippen molar-refractivity contribution in [3.05, 3.63) is 52.8 Å². The van der Waals surface area contributed by atoms with Crippen LogP contribution in [-0.4, -0.2) is 53.1 Å². The second-order valence-corrected chi connectivity index (χ2v) is 11.5. The summed E-state index contributed by atoms with van der Waals surface area (Å²) >= 11 is 0. The molecule has 1 spiro atoms. The van der Waals surface area contributed by atoms with Crippen LogP contribution in [0.4, 0.5) is 0 Å². The van der Waals surface area contributed by atoms with Crippen LogP contribution in [0.5, 0.6) is 5.75 Å². The molecule has 2 aliphatic heterocycles. The molecule has 208 valence electrons. The van der Waals surface area contributed by atoms with Crippen LogP contribution in [0.15, 0.2) is 34.9 Å². The maximum absolute atomic E-state index is 13.8. The highest BCUT2D eigenvalue weighted by Gasteiger charge is 2.37. The number of rotatable bonds is 2. The highest BCUT2D eigenvalue weighted by atomic mass is 16.5. The number of fused-ring (bicyclic) bond motifs is 2. The summed E-state index contributed by atoms with van der Waals surface area (Å²) in [7, 11) is 0. The second-order valence-electron chi connectivity index (χ2n) is 11.5. The predicted octanol–water partition coefficient (Wildman–Crippen LogP) is 5.58. The molecule has 4 heterocycles. The Bertz CT molecular complexity index is 1320. The average Bonchev–Trinajstić information content (AvgIpc) is 3.32. The molecule has 2 aromatic heterocycles. The van der Waals surface area contributed by atoms with Gasteiger partial charge in [-0.05, 0) is 74.5 Å². The predicted molar refractivity (Wildman–Crippen MR) is 150 cm³/mol. The number of hydrogen-bond donors (Lipinski definition) is 1. The molecule has 39 heavy (non-hydrogen) atoms. The Kier molecular flexibility index (Phi) is 8.19. The third-order valence-electron chi connectivity index (χ3n) is 8.41. The molecular formula is C31H40N4O4. The molecule has 0 atom stereocenters. The molecule has 1 N–H and O–H groups in total. The van der Waals surface area contributed by atoms with Crippen LogP contribution in [0.2, 0.25) is 0 Å². The minimum absolute atomic E-state index is 0.00363. The van der Waals surface area contributed by atoms with Crippen molar-refractivity contribution < 1.29 is 18.8 Å². The van der Waals surface area contributed by atoms with Crippen molar-refractivity contribution in [3.63, 3.8) is 0 Å². The van der Waals surface area contributed by atoms with Gasteiger partial charge in [0.15, 0.2) is 0 Å². The lowest BCUT2D eigenvalue weighted by molar-refractivity contribution is -0.122. The molecular weight excluding hydrogens is 492 g/mol. The lowest BCUT2D eigenvalue weighted by atomic mass is 9.74. The van der Waals surface area contributed by atoms with Gasteiger partial charge in [-0.2, -0.15) is 0 Å². The van der Waals surface area contributed by atoms with Gasteiger partial charge in [-0.1, -0.05) is 43.6 Å². The van der Waals surface area contributed by atoms with Crippen LogP contribution in [0.1, 0.15) is 92.0 Å². The minimum Gasteiger partial charge on any atom is -0.493 e. The zero-order chi connectivity index (χ0) is 27.4. The normalized spacial score (nSPS) is 18.9. The first-order chi connectivity index (χ1) is 18.8. The van der Waals surface area contributed by atoms with Gasteiger partial charge in [-0.15, -0.1) is 0 Å². The molecule has 2 amide bonds. The Morgan fingerprint density at radius 1 is 1.08 bits per heavy atom. The van der Waals surface area contributed by atoms with Gasteiger partial charge in [-0.25, -0.2) is 4.98 Å². The van der Waals surface area contributed by atoms with E-state index in [2.05, 4.69) is 41.4 Å². The van der Waals surface area contributed by atoms with Crippen LogP contribution in [0.25, 0.3) is 11.1 Å². The number of carbonyl (C=O) groups excluding carboxylic acids is 2. The number of aryl methyl sites for hydroxylation is 2. The number of ether oxygens (including phenoxy) is 1. The quantitative estimate of drug-likeness (QED) is 0.463. The number of nitrogens with zero attached hydrogens (tertiary/aromatic N) is 3. The fraction of sp³-hybridized carbons (Fsp3) is 0.548. The van der Waals surface area contributed by atoms with Gasteiger partial charge >= 0.3 is 0 Å². The summed E-state index contributed by atoms with van der Waals surface area (Å²) in [5, 5.41) is 8.00. The highest BCUT2D eigenvalue weighted by Crippen LogP contribution is 2.38. The lowest BCUT2D eigenvalue weighted by Crippen LogP contribution is -2.48. The Labute approximate surface area is 230 Å². The van der Waals surface area contributed by atoms with Crippen LogP contribution >= 0.6 is 0 Å². The summed E-state index contributed by atoms with van der Waals surface area (Å²) < 4.78 is 11.4. The Balaban J connectivity index is 1.30. The third kappa shape index (κ3) is 6.10. The second kappa shape index (κ2) is 11.8. The van der Waals surface area contributed by atoms with Crippen LogP contribution in [0.3, 0.4) is 0 Å². The summed E-state index contributed by atoms with van der Waals surface area (Å²) in [4.78, 5) is 33.0. The van der Waals surface area contributed by atoms with Gasteiger partial charge in [0.05, 0.1) is 23.3 Å². The Morgan fingerprint density at radius 3 is 2.67 bits per heavy atom. The van der Waals surface area contributed by atoms with E-state index in [9.17, 15) is 9.59 Å². The Hall–Kier alpha value is -3.42. The largest absolute Gasteiger partial charge is 0.493 e. The maximum Gasteiger partial charge on any atom is 0.259 e. The van der Waals surface area contributed by atoms with Gasteiger partial charge in [0.2, 0.25) is 5.91 Å². The van der Waals surface area contributed by atoms with E-state index < -0.39 is 0 Å². The fourth-order valence-corrected chi connectivity index (χ4v) is 5.90. The average molecular weight is 533 g/mol. The highest BCUT2D eigenvalue weighted by molar-refractivity contribution is 6.06. The minimum atomic E-state index is -0.00363. The van der Waals surface area contributed by atoms with Crippen molar-refractivity contribution in [2.24, 2.45) is 5.41 Å². The lowest BCUT2D eigenvalue weighted by Gasteiger charge is -2.42. The van der Waals surface area contributed by atoms with Gasteiger partial charge in [0.25, 0.3) is 11.6 Å². The van der Waals surface area contributed by atoms with Crippen molar-refractivity contribution in [3.8, 4) is 5.75 Å². The number of nitrogens with one attached hydrogen (secondary N) is 1. The third-order valence-corrected chi connectivity index (χ3v) is 8.41. The van der Waals surface area contributed by atoms with Crippen molar-refractivity contribution in [1.29, 1.82) is 0 Å². The molecule has 1 aromatic carbocycles. The van der Waals surface area contributed by atoms with E-state index in [1.165, 1.54) is 5.56 Å². The zero-order valence-electron chi connectivity index (χ0n) is 23.4. The van der Waals surface area contributed by atoms with Crippen LogP contribution < -0.4 is 10.1 Å². The summed E-state index contributed by atoms with van der Waals surface area (Å²) in [6.07, 6.45) is 7.03. The number of carbonyl (C=O) groups is 2. The van der Waals surface area contributed by atoms with Crippen LogP contribution in [0, 0.1) is 12.3 Å². The van der Waals surface area contributed by atoms with E-state index in [0.29, 0.717) is 61.4 Å². The first-order valence-electron chi connectivity index (χ1n) is 14.4. The van der Waals surface area contributed by atoms with E-state index in [0.717, 1.165) is 50.0 Å². The Morgan fingerprint density at radius 2 is 1.87 bits per heavy atom. The van der Waals surface area contributed by atoms with E-state index >= 15 is 0 Å². The first-order valence-corrected chi connectivity index (χ1v) is 14.4. The van der Waals surface area contributed by atoms with Gasteiger partial charge in [0, 0.05) is 31.7 Å². The summed E-state index contributed by atoms with van der Waals surface area (Å²) in [5.74, 6) is 1.19. The molecule has 0 radical (unpaired) electrons. The molecule has 1 saturated heterocycles. The summed E-state index contributed by atoms with van der Waals surface area (Å²) in [6, 6.07) is 10.1. The smallest absolute Gasteiger partial charge is 0.259 e. The molecule has 8 nitrogen and oxygen atoms in total. The number of amides is 2. The van der Waals surface area contributed by atoms with Gasteiger partial charge in [0.1, 0.15) is 5.75 Å². The van der Waals surface area contributed by atoms with Crippen molar-refractivity contribution in [1.82, 2.24) is 20.4 Å².